The zero-order chi connectivity index (χ0) is 12.3. The van der Waals surface area contributed by atoms with Crippen LogP contribution in [-0.4, -0.2) is 13.1 Å². The molecule has 0 spiro atoms. The minimum absolute atomic E-state index is 0.723. The first kappa shape index (κ1) is 12.6. The van der Waals surface area contributed by atoms with Crippen LogP contribution in [0.2, 0.25) is 0 Å². The molecule has 2 rings (SSSR count). The number of hydrogen-bond donors (Lipinski definition) is 1. The van der Waals surface area contributed by atoms with E-state index in [0.717, 1.165) is 30.8 Å². The number of rotatable bonds is 4. The second-order valence-corrected chi connectivity index (χ2v) is 5.86. The van der Waals surface area contributed by atoms with E-state index in [1.165, 1.54) is 12.8 Å². The van der Waals surface area contributed by atoms with E-state index in [-0.39, 0.29) is 0 Å². The molecule has 1 aromatic carbocycles. The minimum atomic E-state index is 0.723. The molecule has 2 atom stereocenters. The molecule has 1 nitrogen and oxygen atoms in total. The molecule has 0 heterocycles. The van der Waals surface area contributed by atoms with Crippen molar-refractivity contribution in [1.29, 1.82) is 0 Å². The number of benzene rings is 1. The Balaban J connectivity index is 2.03. The highest BCUT2D eigenvalue weighted by Crippen LogP contribution is 2.37. The third kappa shape index (κ3) is 3.10. The highest BCUT2D eigenvalue weighted by Gasteiger charge is 2.23. The van der Waals surface area contributed by atoms with Gasteiger partial charge in [-0.2, -0.15) is 0 Å². The van der Waals surface area contributed by atoms with E-state index in [9.17, 15) is 0 Å². The third-order valence-corrected chi connectivity index (χ3v) is 3.86. The summed E-state index contributed by atoms with van der Waals surface area (Å²) in [7, 11) is 0. The minimum Gasteiger partial charge on any atom is -0.316 e. The molecule has 1 aliphatic rings. The fourth-order valence-electron chi connectivity index (χ4n) is 2.85. The Bertz CT molecular complexity index is 356. The third-order valence-electron chi connectivity index (χ3n) is 3.86. The first-order valence-electron chi connectivity index (χ1n) is 6.98. The Morgan fingerprint density at radius 3 is 2.59 bits per heavy atom. The molecular formula is C16H25N. The Morgan fingerprint density at radius 1 is 1.18 bits per heavy atom. The van der Waals surface area contributed by atoms with Crippen molar-refractivity contribution in [3.8, 4) is 0 Å². The van der Waals surface area contributed by atoms with Gasteiger partial charge in [0.2, 0.25) is 0 Å². The molecule has 0 aromatic heterocycles. The molecule has 1 N–H and O–H groups in total. The lowest BCUT2D eigenvalue weighted by Crippen LogP contribution is -2.27. The van der Waals surface area contributed by atoms with Crippen molar-refractivity contribution in [3.05, 3.63) is 35.4 Å². The van der Waals surface area contributed by atoms with Crippen LogP contribution in [0.15, 0.2) is 24.3 Å². The molecule has 0 fully saturated rings. The summed E-state index contributed by atoms with van der Waals surface area (Å²) in [6.07, 6.45) is 2.67. The lowest BCUT2D eigenvalue weighted by molar-refractivity contribution is 0.454. The van der Waals surface area contributed by atoms with E-state index in [1.807, 2.05) is 0 Å². The molecule has 0 saturated carbocycles. The molecular weight excluding hydrogens is 206 g/mol. The molecule has 94 valence electrons. The normalized spacial score (nSPS) is 23.8. The van der Waals surface area contributed by atoms with Gasteiger partial charge in [-0.3, -0.25) is 0 Å². The summed E-state index contributed by atoms with van der Waals surface area (Å²) in [6.45, 7) is 9.17. The van der Waals surface area contributed by atoms with Crippen molar-refractivity contribution in [2.24, 2.45) is 5.92 Å². The maximum absolute atomic E-state index is 3.61. The van der Waals surface area contributed by atoms with Gasteiger partial charge in [-0.25, -0.2) is 0 Å². The lowest BCUT2D eigenvalue weighted by Gasteiger charge is -2.30. The molecule has 0 amide bonds. The predicted molar refractivity (Wildman–Crippen MR) is 74.5 cm³/mol. The summed E-state index contributed by atoms with van der Waals surface area (Å²) in [5.41, 5.74) is 3.16. The zero-order valence-corrected chi connectivity index (χ0v) is 11.4. The van der Waals surface area contributed by atoms with Crippen LogP contribution < -0.4 is 5.32 Å². The van der Waals surface area contributed by atoms with Crippen LogP contribution in [0, 0.1) is 5.92 Å². The van der Waals surface area contributed by atoms with E-state index in [1.54, 1.807) is 11.1 Å². The van der Waals surface area contributed by atoms with Crippen molar-refractivity contribution in [2.75, 3.05) is 13.1 Å². The zero-order valence-electron chi connectivity index (χ0n) is 11.4. The van der Waals surface area contributed by atoms with Gasteiger partial charge in [0.15, 0.2) is 0 Å². The SMILES string of the molecule is CC(C)CNCC1CCC(C)c2ccccc21. The molecule has 0 aliphatic heterocycles. The summed E-state index contributed by atoms with van der Waals surface area (Å²) in [5.74, 6) is 2.21. The maximum Gasteiger partial charge on any atom is 0.00203 e. The average molecular weight is 231 g/mol. The second-order valence-electron chi connectivity index (χ2n) is 5.86. The summed E-state index contributed by atoms with van der Waals surface area (Å²) < 4.78 is 0. The van der Waals surface area contributed by atoms with Crippen LogP contribution >= 0.6 is 0 Å². The average Bonchev–Trinajstić information content (AvgIpc) is 2.32. The molecule has 1 heteroatoms. The van der Waals surface area contributed by atoms with E-state index in [2.05, 4.69) is 50.4 Å². The maximum atomic E-state index is 3.61. The van der Waals surface area contributed by atoms with Gasteiger partial charge in [-0.1, -0.05) is 45.0 Å². The quantitative estimate of drug-likeness (QED) is 0.828. The van der Waals surface area contributed by atoms with Crippen molar-refractivity contribution in [2.45, 2.75) is 45.4 Å². The smallest absolute Gasteiger partial charge is 0.00203 e. The van der Waals surface area contributed by atoms with E-state index in [0.29, 0.717) is 0 Å². The molecule has 0 saturated heterocycles. The molecule has 1 aromatic rings. The summed E-state index contributed by atoms with van der Waals surface area (Å²) in [5, 5.41) is 3.61. The van der Waals surface area contributed by atoms with Crippen molar-refractivity contribution in [1.82, 2.24) is 5.32 Å². The van der Waals surface area contributed by atoms with Gasteiger partial charge in [-0.05, 0) is 48.3 Å². The van der Waals surface area contributed by atoms with Crippen molar-refractivity contribution >= 4 is 0 Å². The van der Waals surface area contributed by atoms with E-state index >= 15 is 0 Å². The fourth-order valence-corrected chi connectivity index (χ4v) is 2.85. The van der Waals surface area contributed by atoms with Crippen LogP contribution in [0.4, 0.5) is 0 Å². The highest BCUT2D eigenvalue weighted by atomic mass is 14.9. The standard InChI is InChI=1S/C16H25N/c1-12(2)10-17-11-14-9-8-13(3)15-6-4-5-7-16(14)15/h4-7,12-14,17H,8-11H2,1-3H3. The molecule has 17 heavy (non-hydrogen) atoms. The summed E-state index contributed by atoms with van der Waals surface area (Å²) >= 11 is 0. The highest BCUT2D eigenvalue weighted by molar-refractivity contribution is 5.35. The van der Waals surface area contributed by atoms with Crippen LogP contribution in [0.5, 0.6) is 0 Å². The monoisotopic (exact) mass is 231 g/mol. The molecule has 1 aliphatic carbocycles. The van der Waals surface area contributed by atoms with Crippen LogP contribution in [0.1, 0.15) is 56.6 Å². The van der Waals surface area contributed by atoms with Gasteiger partial charge in [-0.15, -0.1) is 0 Å². The summed E-state index contributed by atoms with van der Waals surface area (Å²) in [4.78, 5) is 0. The predicted octanol–water partition coefficient (Wildman–Crippen LogP) is 3.91. The van der Waals surface area contributed by atoms with Gasteiger partial charge < -0.3 is 5.32 Å². The van der Waals surface area contributed by atoms with Crippen LogP contribution in [0.3, 0.4) is 0 Å². The lowest BCUT2D eigenvalue weighted by atomic mass is 9.77. The molecule has 0 radical (unpaired) electrons. The number of fused-ring (bicyclic) bond motifs is 1. The van der Waals surface area contributed by atoms with Gasteiger partial charge >= 0.3 is 0 Å². The first-order chi connectivity index (χ1) is 8.18. The first-order valence-corrected chi connectivity index (χ1v) is 6.98. The van der Waals surface area contributed by atoms with E-state index < -0.39 is 0 Å². The summed E-state index contributed by atoms with van der Waals surface area (Å²) in [6, 6.07) is 9.01. The topological polar surface area (TPSA) is 12.0 Å². The number of hydrogen-bond acceptors (Lipinski definition) is 1. The van der Waals surface area contributed by atoms with Crippen molar-refractivity contribution in [3.63, 3.8) is 0 Å². The fraction of sp³-hybridized carbons (Fsp3) is 0.625. The largest absolute Gasteiger partial charge is 0.316 e. The van der Waals surface area contributed by atoms with Gasteiger partial charge in [0.05, 0.1) is 0 Å². The molecule has 0 bridgehead atoms. The Morgan fingerprint density at radius 2 is 1.88 bits per heavy atom. The van der Waals surface area contributed by atoms with Crippen molar-refractivity contribution < 1.29 is 0 Å². The van der Waals surface area contributed by atoms with Gasteiger partial charge in [0.1, 0.15) is 0 Å². The second kappa shape index (κ2) is 5.68. The Hall–Kier alpha value is -0.820. The Labute approximate surface area is 106 Å². The van der Waals surface area contributed by atoms with Gasteiger partial charge in [0, 0.05) is 6.54 Å². The van der Waals surface area contributed by atoms with Crippen LogP contribution in [-0.2, 0) is 0 Å². The van der Waals surface area contributed by atoms with E-state index in [4.69, 9.17) is 0 Å². The number of nitrogens with one attached hydrogen (secondary N) is 1. The Kier molecular flexibility index (Phi) is 4.22. The van der Waals surface area contributed by atoms with Crippen LogP contribution in [0.25, 0.3) is 0 Å². The van der Waals surface area contributed by atoms with Gasteiger partial charge in [0.25, 0.3) is 0 Å². The molecule has 2 unspecified atom stereocenters.